The second-order valence-corrected chi connectivity index (χ2v) is 7.51. The third-order valence-corrected chi connectivity index (χ3v) is 3.82. The zero-order valence-corrected chi connectivity index (χ0v) is 16.7. The van der Waals surface area contributed by atoms with Crippen molar-refractivity contribution in [2.45, 2.75) is 58.1 Å². The van der Waals surface area contributed by atoms with Crippen LogP contribution in [0.4, 0.5) is 4.79 Å². The van der Waals surface area contributed by atoms with Crippen LogP contribution in [-0.4, -0.2) is 36.2 Å². The van der Waals surface area contributed by atoms with Crippen molar-refractivity contribution >= 4 is 29.6 Å². The zero-order chi connectivity index (χ0) is 20.4. The van der Waals surface area contributed by atoms with Gasteiger partial charge in [-0.1, -0.05) is 29.8 Å². The van der Waals surface area contributed by atoms with Gasteiger partial charge >= 0.3 is 12.1 Å². The highest BCUT2D eigenvalue weighted by Crippen LogP contribution is 2.15. The normalized spacial score (nSPS) is 12.2. The Morgan fingerprint density at radius 1 is 1.19 bits per heavy atom. The fourth-order valence-corrected chi connectivity index (χ4v) is 2.34. The van der Waals surface area contributed by atoms with Crippen LogP contribution in [0.3, 0.4) is 0 Å². The first-order chi connectivity index (χ1) is 12.6. The molecule has 0 aliphatic carbocycles. The monoisotopic (exact) mass is 398 g/mol. The largest absolute Gasteiger partial charge is 0.516 e. The van der Waals surface area contributed by atoms with Gasteiger partial charge in [-0.05, 0) is 51.7 Å². The van der Waals surface area contributed by atoms with Crippen LogP contribution in [0.2, 0.25) is 5.02 Å². The Bertz CT molecular complexity index is 658. The number of unbranched alkanes of at least 4 members (excludes halogenated alkanes) is 1. The van der Waals surface area contributed by atoms with Crippen molar-refractivity contribution < 1.29 is 23.9 Å². The molecule has 0 unspecified atom stereocenters. The number of rotatable bonds is 8. The van der Waals surface area contributed by atoms with E-state index in [1.807, 2.05) is 6.07 Å². The minimum absolute atomic E-state index is 0.128. The first-order valence-corrected chi connectivity index (χ1v) is 9.16. The van der Waals surface area contributed by atoms with E-state index in [1.165, 1.54) is 0 Å². The number of hydrogen-bond donors (Lipinski definition) is 2. The summed E-state index contributed by atoms with van der Waals surface area (Å²) < 4.78 is 9.44. The third kappa shape index (κ3) is 9.96. The number of benzene rings is 1. The van der Waals surface area contributed by atoms with Crippen LogP contribution in [0.5, 0.6) is 0 Å². The van der Waals surface area contributed by atoms with E-state index < -0.39 is 23.8 Å². The Morgan fingerprint density at radius 2 is 1.85 bits per heavy atom. The summed E-state index contributed by atoms with van der Waals surface area (Å²) >= 11 is 6.02. The molecule has 1 atom stereocenters. The van der Waals surface area contributed by atoms with Gasteiger partial charge in [-0.15, -0.1) is 0 Å². The summed E-state index contributed by atoms with van der Waals surface area (Å²) in [5.74, 6) is -0.955. The second kappa shape index (κ2) is 10.9. The molecule has 150 valence electrons. The summed E-state index contributed by atoms with van der Waals surface area (Å²) in [5.41, 5.74) is 5.73. The first-order valence-electron chi connectivity index (χ1n) is 8.79. The summed E-state index contributed by atoms with van der Waals surface area (Å²) in [7, 11) is 0. The molecule has 0 saturated carbocycles. The lowest BCUT2D eigenvalue weighted by atomic mass is 10.1. The molecule has 1 aromatic carbocycles. The Hall–Kier alpha value is -2.12. The average molecular weight is 399 g/mol. The van der Waals surface area contributed by atoms with Crippen LogP contribution in [-0.2, 0) is 25.5 Å². The van der Waals surface area contributed by atoms with E-state index in [-0.39, 0.29) is 12.3 Å². The minimum Gasteiger partial charge on any atom is -0.428 e. The lowest BCUT2D eigenvalue weighted by molar-refractivity contribution is -0.143. The number of carbonyl (C=O) groups excluding carboxylic acids is 3. The van der Waals surface area contributed by atoms with Crippen molar-refractivity contribution in [3.05, 3.63) is 34.9 Å². The molecule has 3 N–H and O–H groups in total. The van der Waals surface area contributed by atoms with E-state index >= 15 is 0 Å². The van der Waals surface area contributed by atoms with Crippen molar-refractivity contribution in [1.29, 1.82) is 0 Å². The smallest absolute Gasteiger partial charge is 0.428 e. The molecule has 0 bridgehead atoms. The quantitative estimate of drug-likeness (QED) is 0.396. The molecular weight excluding hydrogens is 372 g/mol. The number of ether oxygens (including phenoxy) is 2. The molecule has 0 aliphatic rings. The molecular formula is C19H27ClN2O5. The summed E-state index contributed by atoms with van der Waals surface area (Å²) in [6.45, 7) is 5.45. The van der Waals surface area contributed by atoms with Crippen LogP contribution in [0.25, 0.3) is 0 Å². The van der Waals surface area contributed by atoms with Gasteiger partial charge in [0.05, 0.1) is 6.42 Å². The van der Waals surface area contributed by atoms with E-state index in [4.69, 9.17) is 22.1 Å². The van der Waals surface area contributed by atoms with Gasteiger partial charge < -0.3 is 20.5 Å². The lowest BCUT2D eigenvalue weighted by Crippen LogP contribution is -2.35. The van der Waals surface area contributed by atoms with Crippen LogP contribution < -0.4 is 11.1 Å². The molecule has 27 heavy (non-hydrogen) atoms. The van der Waals surface area contributed by atoms with E-state index in [9.17, 15) is 14.4 Å². The maximum Gasteiger partial charge on any atom is 0.516 e. The highest BCUT2D eigenvalue weighted by molar-refractivity contribution is 6.31. The van der Waals surface area contributed by atoms with E-state index in [1.54, 1.807) is 39.0 Å². The molecule has 0 heterocycles. The maximum atomic E-state index is 11.9. The van der Waals surface area contributed by atoms with E-state index in [0.29, 0.717) is 30.8 Å². The predicted molar refractivity (Wildman–Crippen MR) is 102 cm³/mol. The van der Waals surface area contributed by atoms with Crippen molar-refractivity contribution in [1.82, 2.24) is 5.32 Å². The van der Waals surface area contributed by atoms with Gasteiger partial charge in [0.1, 0.15) is 11.6 Å². The molecule has 7 nitrogen and oxygen atoms in total. The number of halogens is 1. The number of nitrogens with one attached hydrogen (secondary N) is 1. The van der Waals surface area contributed by atoms with Gasteiger partial charge in [-0.25, -0.2) is 9.59 Å². The standard InChI is InChI=1S/C19H27ClN2O5/c1-19(2,3)27-18(25)26-17(24)15(21)10-6-7-11-22-16(23)12-13-8-4-5-9-14(13)20/h4-5,8-9,15H,6-7,10-12,21H2,1-3H3,(H,22,23)/t15-/m0/s1. The molecule has 8 heteroatoms. The lowest BCUT2D eigenvalue weighted by Gasteiger charge is -2.19. The minimum atomic E-state index is -1.06. The molecule has 0 spiro atoms. The van der Waals surface area contributed by atoms with Crippen LogP contribution >= 0.6 is 11.6 Å². The number of hydrogen-bond acceptors (Lipinski definition) is 6. The number of amides is 1. The van der Waals surface area contributed by atoms with E-state index in [0.717, 1.165) is 5.56 Å². The molecule has 0 aromatic heterocycles. The predicted octanol–water partition coefficient (Wildman–Crippen LogP) is 2.97. The maximum absolute atomic E-state index is 11.9. The molecule has 1 rings (SSSR count). The highest BCUT2D eigenvalue weighted by Gasteiger charge is 2.23. The topological polar surface area (TPSA) is 108 Å². The van der Waals surface area contributed by atoms with Gasteiger partial charge in [0, 0.05) is 11.6 Å². The summed E-state index contributed by atoms with van der Waals surface area (Å²) in [4.78, 5) is 35.0. The second-order valence-electron chi connectivity index (χ2n) is 7.11. The number of esters is 1. The van der Waals surface area contributed by atoms with Crippen molar-refractivity contribution in [2.24, 2.45) is 5.73 Å². The van der Waals surface area contributed by atoms with Gasteiger partial charge in [0.2, 0.25) is 5.91 Å². The van der Waals surface area contributed by atoms with Gasteiger partial charge in [0.25, 0.3) is 0 Å². The SMILES string of the molecule is CC(C)(C)OC(=O)OC(=O)[C@@H](N)CCCCNC(=O)Cc1ccccc1Cl. The molecule has 1 amide bonds. The number of nitrogens with two attached hydrogens (primary N) is 1. The first kappa shape index (κ1) is 22.9. The van der Waals surface area contributed by atoms with E-state index in [2.05, 4.69) is 10.1 Å². The van der Waals surface area contributed by atoms with Crippen LogP contribution in [0, 0.1) is 0 Å². The van der Waals surface area contributed by atoms with Gasteiger partial charge in [-0.3, -0.25) is 4.79 Å². The van der Waals surface area contributed by atoms with Gasteiger partial charge in [-0.2, -0.15) is 0 Å². The summed E-state index contributed by atoms with van der Waals surface area (Å²) in [6, 6.07) is 6.25. The Balaban J connectivity index is 2.20. The zero-order valence-electron chi connectivity index (χ0n) is 15.9. The molecule has 0 saturated heterocycles. The Labute approximate surface area is 164 Å². The van der Waals surface area contributed by atoms with Crippen molar-refractivity contribution in [3.63, 3.8) is 0 Å². The molecule has 0 fully saturated rings. The molecule has 0 aliphatic heterocycles. The van der Waals surface area contributed by atoms with Crippen LogP contribution in [0.1, 0.15) is 45.6 Å². The fraction of sp³-hybridized carbons (Fsp3) is 0.526. The average Bonchev–Trinajstić information content (AvgIpc) is 2.54. The number of carbonyl (C=O) groups is 3. The van der Waals surface area contributed by atoms with Crippen molar-refractivity contribution in [3.8, 4) is 0 Å². The Kier molecular flexibility index (Phi) is 9.25. The van der Waals surface area contributed by atoms with Crippen molar-refractivity contribution in [2.75, 3.05) is 6.54 Å². The summed E-state index contributed by atoms with van der Waals surface area (Å²) in [6.07, 6.45) is 0.719. The molecule has 0 radical (unpaired) electrons. The fourth-order valence-electron chi connectivity index (χ4n) is 2.14. The van der Waals surface area contributed by atoms with Gasteiger partial charge in [0.15, 0.2) is 0 Å². The van der Waals surface area contributed by atoms with Crippen LogP contribution in [0.15, 0.2) is 24.3 Å². The molecule has 1 aromatic rings. The Morgan fingerprint density at radius 3 is 2.48 bits per heavy atom. The summed E-state index contributed by atoms with van der Waals surface area (Å²) in [5, 5.41) is 3.35. The third-order valence-electron chi connectivity index (χ3n) is 3.45. The highest BCUT2D eigenvalue weighted by atomic mass is 35.5.